The Bertz CT molecular complexity index is 881. The molecule has 0 spiro atoms. The molecule has 2 aromatic carbocycles. The first kappa shape index (κ1) is 19.3. The summed E-state index contributed by atoms with van der Waals surface area (Å²) in [6.07, 6.45) is 2.27. The number of carbonyl (C=O) groups is 1. The maximum atomic E-state index is 12.3. The molecular weight excluding hydrogens is 404 g/mol. The second-order valence-electron chi connectivity index (χ2n) is 5.45. The SMILES string of the molecule is CSc1ccccc1NC(=O)Cc1csc(SCc2ccc(Cl)cc2)n1. The van der Waals surface area contributed by atoms with Crippen molar-refractivity contribution < 1.29 is 4.79 Å². The number of hydrogen-bond donors (Lipinski definition) is 1. The largest absolute Gasteiger partial charge is 0.325 e. The lowest BCUT2D eigenvalue weighted by molar-refractivity contribution is -0.115. The Morgan fingerprint density at radius 2 is 1.96 bits per heavy atom. The average molecular weight is 421 g/mol. The van der Waals surface area contributed by atoms with Gasteiger partial charge in [0.05, 0.1) is 17.8 Å². The highest BCUT2D eigenvalue weighted by Crippen LogP contribution is 2.28. The first-order chi connectivity index (χ1) is 12.6. The molecule has 7 heteroatoms. The predicted octanol–water partition coefficient (Wildman–Crippen LogP) is 5.99. The minimum absolute atomic E-state index is 0.0500. The van der Waals surface area contributed by atoms with Gasteiger partial charge in [0.25, 0.3) is 0 Å². The van der Waals surface area contributed by atoms with E-state index < -0.39 is 0 Å². The summed E-state index contributed by atoms with van der Waals surface area (Å²) in [4.78, 5) is 17.9. The van der Waals surface area contributed by atoms with Crippen molar-refractivity contribution in [2.75, 3.05) is 11.6 Å². The summed E-state index contributed by atoms with van der Waals surface area (Å²) in [6.45, 7) is 0. The fourth-order valence-electron chi connectivity index (χ4n) is 2.27. The van der Waals surface area contributed by atoms with Crippen molar-refractivity contribution in [3.05, 3.63) is 70.2 Å². The number of anilines is 1. The van der Waals surface area contributed by atoms with Crippen LogP contribution in [0.2, 0.25) is 5.02 Å². The van der Waals surface area contributed by atoms with Gasteiger partial charge in [-0.05, 0) is 36.1 Å². The molecule has 0 saturated heterocycles. The number of para-hydroxylation sites is 1. The summed E-state index contributed by atoms with van der Waals surface area (Å²) in [5, 5.41) is 5.66. The zero-order chi connectivity index (χ0) is 18.4. The van der Waals surface area contributed by atoms with Crippen molar-refractivity contribution >= 4 is 58.1 Å². The van der Waals surface area contributed by atoms with E-state index in [-0.39, 0.29) is 12.3 Å². The molecule has 0 fully saturated rings. The Balaban J connectivity index is 1.54. The Hall–Kier alpha value is -1.47. The minimum Gasteiger partial charge on any atom is -0.325 e. The number of nitrogens with zero attached hydrogens (tertiary/aromatic N) is 1. The maximum Gasteiger partial charge on any atom is 0.230 e. The van der Waals surface area contributed by atoms with Crippen LogP contribution in [0.15, 0.2) is 63.1 Å². The molecule has 0 radical (unpaired) electrons. The molecule has 1 N–H and O–H groups in total. The van der Waals surface area contributed by atoms with Crippen molar-refractivity contribution in [3.63, 3.8) is 0 Å². The molecule has 0 aliphatic rings. The molecule has 0 unspecified atom stereocenters. The normalized spacial score (nSPS) is 10.7. The Kier molecular flexibility index (Phi) is 7.02. The van der Waals surface area contributed by atoms with Crippen molar-refractivity contribution in [2.45, 2.75) is 21.4 Å². The van der Waals surface area contributed by atoms with Gasteiger partial charge in [-0.2, -0.15) is 0 Å². The van der Waals surface area contributed by atoms with Gasteiger partial charge in [-0.3, -0.25) is 4.79 Å². The smallest absolute Gasteiger partial charge is 0.230 e. The number of benzene rings is 2. The number of carbonyl (C=O) groups excluding carboxylic acids is 1. The second kappa shape index (κ2) is 9.46. The van der Waals surface area contributed by atoms with Crippen LogP contribution in [0.5, 0.6) is 0 Å². The number of nitrogens with one attached hydrogen (secondary N) is 1. The quantitative estimate of drug-likeness (QED) is 0.476. The zero-order valence-electron chi connectivity index (χ0n) is 14.1. The molecule has 0 saturated carbocycles. The van der Waals surface area contributed by atoms with Crippen molar-refractivity contribution in [2.24, 2.45) is 0 Å². The monoisotopic (exact) mass is 420 g/mol. The molecule has 134 valence electrons. The van der Waals surface area contributed by atoms with E-state index >= 15 is 0 Å². The summed E-state index contributed by atoms with van der Waals surface area (Å²) in [7, 11) is 0. The first-order valence-electron chi connectivity index (χ1n) is 7.88. The second-order valence-corrected chi connectivity index (χ2v) is 8.81. The summed E-state index contributed by atoms with van der Waals surface area (Å²) < 4.78 is 0.965. The third-order valence-corrected chi connectivity index (χ3v) is 6.72. The van der Waals surface area contributed by atoms with Crippen LogP contribution in [0.1, 0.15) is 11.3 Å². The fourth-order valence-corrected chi connectivity index (χ4v) is 4.75. The van der Waals surface area contributed by atoms with Crippen LogP contribution in [0.4, 0.5) is 5.69 Å². The molecule has 1 aromatic heterocycles. The number of halogens is 1. The lowest BCUT2D eigenvalue weighted by Gasteiger charge is -2.08. The van der Waals surface area contributed by atoms with Crippen LogP contribution in [0.25, 0.3) is 0 Å². The van der Waals surface area contributed by atoms with Crippen LogP contribution in [-0.2, 0) is 17.0 Å². The van der Waals surface area contributed by atoms with Crippen LogP contribution in [0.3, 0.4) is 0 Å². The van der Waals surface area contributed by atoms with Crippen LogP contribution in [-0.4, -0.2) is 17.1 Å². The predicted molar refractivity (Wildman–Crippen MR) is 114 cm³/mol. The van der Waals surface area contributed by atoms with E-state index in [1.165, 1.54) is 5.56 Å². The molecule has 1 amide bonds. The van der Waals surface area contributed by atoms with Crippen molar-refractivity contribution in [1.82, 2.24) is 4.98 Å². The third-order valence-electron chi connectivity index (χ3n) is 3.53. The highest BCUT2D eigenvalue weighted by molar-refractivity contribution is 8.00. The Labute approximate surface area is 170 Å². The van der Waals surface area contributed by atoms with E-state index in [4.69, 9.17) is 11.6 Å². The molecule has 0 atom stereocenters. The summed E-state index contributed by atoms with van der Waals surface area (Å²) >= 11 is 10.8. The number of thiazole rings is 1. The molecule has 0 aliphatic heterocycles. The number of aromatic nitrogens is 1. The number of thioether (sulfide) groups is 2. The van der Waals surface area contributed by atoms with Crippen LogP contribution in [0, 0.1) is 0 Å². The summed E-state index contributed by atoms with van der Waals surface area (Å²) in [5.74, 6) is 0.781. The molecule has 0 bridgehead atoms. The van der Waals surface area contributed by atoms with Gasteiger partial charge in [-0.15, -0.1) is 23.1 Å². The number of hydrogen-bond acceptors (Lipinski definition) is 5. The van der Waals surface area contributed by atoms with E-state index in [1.54, 1.807) is 34.9 Å². The van der Waals surface area contributed by atoms with Crippen LogP contribution < -0.4 is 5.32 Å². The molecule has 3 nitrogen and oxygen atoms in total. The van der Waals surface area contributed by atoms with Crippen molar-refractivity contribution in [1.29, 1.82) is 0 Å². The number of amides is 1. The van der Waals surface area contributed by atoms with E-state index in [2.05, 4.69) is 10.3 Å². The lowest BCUT2D eigenvalue weighted by Crippen LogP contribution is -2.15. The fraction of sp³-hybridized carbons (Fsp3) is 0.158. The lowest BCUT2D eigenvalue weighted by atomic mass is 10.2. The van der Waals surface area contributed by atoms with E-state index in [1.807, 2.05) is 60.2 Å². The van der Waals surface area contributed by atoms with E-state index in [9.17, 15) is 4.79 Å². The molecule has 1 heterocycles. The van der Waals surface area contributed by atoms with Crippen LogP contribution >= 0.6 is 46.5 Å². The molecular formula is C19H17ClN2OS3. The molecule has 26 heavy (non-hydrogen) atoms. The van der Waals surface area contributed by atoms with Gasteiger partial charge < -0.3 is 5.32 Å². The Morgan fingerprint density at radius 3 is 2.73 bits per heavy atom. The highest BCUT2D eigenvalue weighted by atomic mass is 35.5. The highest BCUT2D eigenvalue weighted by Gasteiger charge is 2.10. The third kappa shape index (κ3) is 5.51. The van der Waals surface area contributed by atoms with Gasteiger partial charge in [0, 0.05) is 21.1 Å². The van der Waals surface area contributed by atoms with Gasteiger partial charge in [0.1, 0.15) is 4.34 Å². The summed E-state index contributed by atoms with van der Waals surface area (Å²) in [6, 6.07) is 15.6. The topological polar surface area (TPSA) is 42.0 Å². The minimum atomic E-state index is -0.0500. The first-order valence-corrected chi connectivity index (χ1v) is 11.4. The van der Waals surface area contributed by atoms with E-state index in [0.29, 0.717) is 0 Å². The average Bonchev–Trinajstić information content (AvgIpc) is 3.09. The Morgan fingerprint density at radius 1 is 1.19 bits per heavy atom. The molecule has 3 rings (SSSR count). The number of rotatable bonds is 7. The summed E-state index contributed by atoms with van der Waals surface area (Å²) in [5.41, 5.74) is 2.84. The maximum absolute atomic E-state index is 12.3. The standard InChI is InChI=1S/C19H17ClN2OS3/c1-24-17-5-3-2-4-16(17)22-18(23)10-15-12-26-19(21-15)25-11-13-6-8-14(20)9-7-13/h2-9,12H,10-11H2,1H3,(H,22,23). The molecule has 0 aliphatic carbocycles. The van der Waals surface area contributed by atoms with Gasteiger partial charge in [0.2, 0.25) is 5.91 Å². The van der Waals surface area contributed by atoms with Gasteiger partial charge in [-0.1, -0.05) is 47.6 Å². The van der Waals surface area contributed by atoms with E-state index in [0.717, 1.165) is 31.4 Å². The van der Waals surface area contributed by atoms with Crippen molar-refractivity contribution in [3.8, 4) is 0 Å². The van der Waals surface area contributed by atoms with Gasteiger partial charge >= 0.3 is 0 Å². The zero-order valence-corrected chi connectivity index (χ0v) is 17.3. The van der Waals surface area contributed by atoms with Gasteiger partial charge in [-0.25, -0.2) is 4.98 Å². The van der Waals surface area contributed by atoms with Gasteiger partial charge in [0.15, 0.2) is 0 Å². The molecule has 3 aromatic rings.